The Balaban J connectivity index is 2.31. The molecule has 0 aromatic heterocycles. The molecule has 0 aliphatic heterocycles. The number of anilines is 1. The number of rotatable bonds is 2. The fourth-order valence-corrected chi connectivity index (χ4v) is 2.00. The maximum Gasteiger partial charge on any atom is 0.131 e. The van der Waals surface area contributed by atoms with E-state index >= 15 is 0 Å². The lowest BCUT2D eigenvalue weighted by Crippen LogP contribution is -1.90. The molecule has 2 aromatic rings. The summed E-state index contributed by atoms with van der Waals surface area (Å²) < 4.78 is 19.3. The lowest BCUT2D eigenvalue weighted by atomic mass is 10.2. The predicted octanol–water partition coefficient (Wildman–Crippen LogP) is 4.27. The van der Waals surface area contributed by atoms with Gasteiger partial charge in [0.15, 0.2) is 0 Å². The minimum Gasteiger partial charge on any atom is -0.457 e. The average molecular weight is 296 g/mol. The smallest absolute Gasteiger partial charge is 0.131 e. The van der Waals surface area contributed by atoms with Crippen molar-refractivity contribution in [3.63, 3.8) is 0 Å². The zero-order valence-corrected chi connectivity index (χ0v) is 10.8. The molecule has 0 aliphatic rings. The molecule has 4 heteroatoms. The normalized spacial score (nSPS) is 10.3. The Morgan fingerprint density at radius 3 is 2.41 bits per heavy atom. The van der Waals surface area contributed by atoms with Crippen LogP contribution in [0, 0.1) is 12.7 Å². The van der Waals surface area contributed by atoms with E-state index in [1.54, 1.807) is 12.1 Å². The largest absolute Gasteiger partial charge is 0.457 e. The highest BCUT2D eigenvalue weighted by atomic mass is 79.9. The highest BCUT2D eigenvalue weighted by molar-refractivity contribution is 9.10. The number of nitrogen functional groups attached to an aromatic ring is 1. The summed E-state index contributed by atoms with van der Waals surface area (Å²) in [6.45, 7) is 1.92. The second-order valence-electron chi connectivity index (χ2n) is 3.79. The SMILES string of the molecule is Cc1cc(N)cc(Oc2cc(F)cc(Br)c2)c1. The Kier molecular flexibility index (Phi) is 3.33. The Labute approximate surface area is 107 Å². The fourth-order valence-electron chi connectivity index (χ4n) is 1.56. The van der Waals surface area contributed by atoms with Crippen molar-refractivity contribution in [1.82, 2.24) is 0 Å². The predicted molar refractivity (Wildman–Crippen MR) is 69.8 cm³/mol. The molecular formula is C13H11BrFNO. The van der Waals surface area contributed by atoms with E-state index in [2.05, 4.69) is 15.9 Å². The number of hydrogen-bond donors (Lipinski definition) is 1. The molecule has 0 atom stereocenters. The third-order valence-corrected chi connectivity index (χ3v) is 2.60. The Bertz CT molecular complexity index is 467. The van der Waals surface area contributed by atoms with Gasteiger partial charge >= 0.3 is 0 Å². The summed E-state index contributed by atoms with van der Waals surface area (Å²) >= 11 is 3.21. The van der Waals surface area contributed by atoms with Crippen molar-refractivity contribution < 1.29 is 9.13 Å². The highest BCUT2D eigenvalue weighted by Gasteiger charge is 2.03. The van der Waals surface area contributed by atoms with Crippen LogP contribution < -0.4 is 10.5 Å². The number of ether oxygens (including phenoxy) is 1. The number of benzene rings is 2. The van der Waals surface area contributed by atoms with Gasteiger partial charge in [0.2, 0.25) is 0 Å². The van der Waals surface area contributed by atoms with Crippen molar-refractivity contribution in [3.8, 4) is 11.5 Å². The third-order valence-electron chi connectivity index (χ3n) is 2.14. The lowest BCUT2D eigenvalue weighted by molar-refractivity contribution is 0.476. The van der Waals surface area contributed by atoms with Crippen LogP contribution in [0.3, 0.4) is 0 Å². The molecule has 17 heavy (non-hydrogen) atoms. The standard InChI is InChI=1S/C13H11BrFNO/c1-8-2-11(16)7-12(3-8)17-13-5-9(14)4-10(15)6-13/h2-7H,16H2,1H3. The maximum absolute atomic E-state index is 13.2. The summed E-state index contributed by atoms with van der Waals surface area (Å²) in [4.78, 5) is 0. The molecule has 2 aromatic carbocycles. The molecule has 2 rings (SSSR count). The molecule has 88 valence electrons. The summed E-state index contributed by atoms with van der Waals surface area (Å²) in [5.41, 5.74) is 7.33. The summed E-state index contributed by atoms with van der Waals surface area (Å²) in [6.07, 6.45) is 0. The van der Waals surface area contributed by atoms with E-state index in [9.17, 15) is 4.39 Å². The summed E-state index contributed by atoms with van der Waals surface area (Å²) in [5, 5.41) is 0. The van der Waals surface area contributed by atoms with Gasteiger partial charge in [-0.3, -0.25) is 0 Å². The first-order valence-corrected chi connectivity index (χ1v) is 5.83. The van der Waals surface area contributed by atoms with E-state index in [1.165, 1.54) is 12.1 Å². The first-order valence-electron chi connectivity index (χ1n) is 5.04. The van der Waals surface area contributed by atoms with Crippen LogP contribution >= 0.6 is 15.9 Å². The topological polar surface area (TPSA) is 35.2 Å². The van der Waals surface area contributed by atoms with Crippen molar-refractivity contribution in [1.29, 1.82) is 0 Å². The first kappa shape index (κ1) is 11.9. The van der Waals surface area contributed by atoms with Crippen molar-refractivity contribution in [2.45, 2.75) is 6.92 Å². The van der Waals surface area contributed by atoms with Gasteiger partial charge in [0.1, 0.15) is 17.3 Å². The number of aryl methyl sites for hydroxylation is 1. The molecule has 0 fully saturated rings. The van der Waals surface area contributed by atoms with Gasteiger partial charge in [0, 0.05) is 22.3 Å². The third kappa shape index (κ3) is 3.20. The zero-order chi connectivity index (χ0) is 12.4. The molecule has 0 amide bonds. The molecule has 0 heterocycles. The van der Waals surface area contributed by atoms with E-state index < -0.39 is 0 Å². The molecule has 0 aliphatic carbocycles. The van der Waals surface area contributed by atoms with Crippen LogP contribution in [0.15, 0.2) is 40.9 Å². The Hall–Kier alpha value is -1.55. The maximum atomic E-state index is 13.2. The molecule has 0 radical (unpaired) electrons. The van der Waals surface area contributed by atoms with E-state index in [1.807, 2.05) is 19.1 Å². The van der Waals surface area contributed by atoms with Crippen LogP contribution in [-0.4, -0.2) is 0 Å². The van der Waals surface area contributed by atoms with Crippen LogP contribution in [0.1, 0.15) is 5.56 Å². The van der Waals surface area contributed by atoms with Crippen LogP contribution in [0.2, 0.25) is 0 Å². The highest BCUT2D eigenvalue weighted by Crippen LogP contribution is 2.27. The minimum atomic E-state index is -0.352. The van der Waals surface area contributed by atoms with Crippen molar-refractivity contribution in [2.75, 3.05) is 5.73 Å². The molecule has 0 saturated heterocycles. The van der Waals surface area contributed by atoms with E-state index in [0.29, 0.717) is 21.7 Å². The van der Waals surface area contributed by atoms with Gasteiger partial charge < -0.3 is 10.5 Å². The fraction of sp³-hybridized carbons (Fsp3) is 0.0769. The Morgan fingerprint density at radius 1 is 1.06 bits per heavy atom. The number of hydrogen-bond acceptors (Lipinski definition) is 2. The summed E-state index contributed by atoms with van der Waals surface area (Å²) in [7, 11) is 0. The van der Waals surface area contributed by atoms with Crippen molar-refractivity contribution in [3.05, 3.63) is 52.3 Å². The van der Waals surface area contributed by atoms with Crippen LogP contribution in [-0.2, 0) is 0 Å². The zero-order valence-electron chi connectivity index (χ0n) is 9.21. The van der Waals surface area contributed by atoms with Gasteiger partial charge in [-0.1, -0.05) is 15.9 Å². The summed E-state index contributed by atoms with van der Waals surface area (Å²) in [6, 6.07) is 9.78. The van der Waals surface area contributed by atoms with Crippen molar-refractivity contribution in [2.24, 2.45) is 0 Å². The molecule has 2 nitrogen and oxygen atoms in total. The molecule has 0 saturated carbocycles. The molecule has 0 unspecified atom stereocenters. The van der Waals surface area contributed by atoms with Crippen molar-refractivity contribution >= 4 is 21.6 Å². The number of nitrogens with two attached hydrogens (primary N) is 1. The molecular weight excluding hydrogens is 285 g/mol. The second-order valence-corrected chi connectivity index (χ2v) is 4.70. The van der Waals surface area contributed by atoms with Gasteiger partial charge in [0.05, 0.1) is 0 Å². The first-order chi connectivity index (χ1) is 8.02. The monoisotopic (exact) mass is 295 g/mol. The lowest BCUT2D eigenvalue weighted by Gasteiger charge is -2.08. The van der Waals surface area contributed by atoms with E-state index in [4.69, 9.17) is 10.5 Å². The van der Waals surface area contributed by atoms with Gasteiger partial charge in [-0.25, -0.2) is 4.39 Å². The summed E-state index contributed by atoms with van der Waals surface area (Å²) in [5.74, 6) is 0.678. The van der Waals surface area contributed by atoms with Crippen LogP contribution in [0.25, 0.3) is 0 Å². The van der Waals surface area contributed by atoms with Crippen LogP contribution in [0.4, 0.5) is 10.1 Å². The Morgan fingerprint density at radius 2 is 1.76 bits per heavy atom. The van der Waals surface area contributed by atoms with Gasteiger partial charge in [-0.2, -0.15) is 0 Å². The second kappa shape index (κ2) is 4.75. The van der Waals surface area contributed by atoms with E-state index in [-0.39, 0.29) is 5.82 Å². The molecule has 0 bridgehead atoms. The van der Waals surface area contributed by atoms with Gasteiger partial charge in [-0.15, -0.1) is 0 Å². The van der Waals surface area contributed by atoms with Gasteiger partial charge in [0.25, 0.3) is 0 Å². The minimum absolute atomic E-state index is 0.352. The molecule has 0 spiro atoms. The quantitative estimate of drug-likeness (QED) is 0.840. The average Bonchev–Trinajstić information content (AvgIpc) is 2.13. The molecule has 2 N–H and O–H groups in total. The van der Waals surface area contributed by atoms with Gasteiger partial charge in [-0.05, 0) is 36.8 Å². The number of halogens is 2. The van der Waals surface area contributed by atoms with E-state index in [0.717, 1.165) is 5.56 Å². The van der Waals surface area contributed by atoms with Crippen LogP contribution in [0.5, 0.6) is 11.5 Å².